The fraction of sp³-hybridized carbons (Fsp3) is 0.778. The molecule has 0 aromatic rings. The van der Waals surface area contributed by atoms with Crippen molar-refractivity contribution in [2.45, 2.75) is 38.8 Å². The fourth-order valence-electron chi connectivity index (χ4n) is 1.26. The zero-order chi connectivity index (χ0) is 10.8. The number of rotatable bonds is 1. The largest absolute Gasteiger partial charge is 0.350 e. The molecule has 1 fully saturated rings. The van der Waals surface area contributed by atoms with E-state index in [-0.39, 0.29) is 17.5 Å². The van der Waals surface area contributed by atoms with Gasteiger partial charge in [0.05, 0.1) is 0 Å². The van der Waals surface area contributed by atoms with Crippen molar-refractivity contribution in [3.8, 4) is 0 Å². The summed E-state index contributed by atoms with van der Waals surface area (Å²) in [5.41, 5.74) is -0.257. The van der Waals surface area contributed by atoms with Crippen LogP contribution in [0, 0.1) is 0 Å². The molecular weight excluding hydrogens is 182 g/mol. The second kappa shape index (κ2) is 3.86. The summed E-state index contributed by atoms with van der Waals surface area (Å²) in [5, 5.41) is 8.00. The molecule has 0 spiro atoms. The van der Waals surface area contributed by atoms with E-state index in [1.54, 1.807) is 0 Å². The van der Waals surface area contributed by atoms with Gasteiger partial charge in [-0.15, -0.1) is 0 Å². The van der Waals surface area contributed by atoms with Gasteiger partial charge >= 0.3 is 6.03 Å². The van der Waals surface area contributed by atoms with Crippen molar-refractivity contribution in [3.63, 3.8) is 0 Å². The Morgan fingerprint density at radius 3 is 2.64 bits per heavy atom. The molecule has 1 atom stereocenters. The number of hydrogen-bond acceptors (Lipinski definition) is 2. The first-order chi connectivity index (χ1) is 6.38. The number of nitrogens with one attached hydrogen (secondary N) is 3. The van der Waals surface area contributed by atoms with Crippen LogP contribution in [0.5, 0.6) is 0 Å². The van der Waals surface area contributed by atoms with E-state index in [1.807, 2.05) is 20.8 Å². The summed E-state index contributed by atoms with van der Waals surface area (Å²) < 4.78 is 0. The topological polar surface area (TPSA) is 70.2 Å². The minimum atomic E-state index is -0.400. The van der Waals surface area contributed by atoms with E-state index < -0.39 is 6.04 Å². The molecule has 80 valence electrons. The van der Waals surface area contributed by atoms with Crippen molar-refractivity contribution in [1.82, 2.24) is 16.0 Å². The predicted octanol–water partition coefficient (Wildman–Crippen LogP) is -0.0274. The molecule has 1 rings (SSSR count). The van der Waals surface area contributed by atoms with Crippen molar-refractivity contribution in [1.29, 1.82) is 0 Å². The van der Waals surface area contributed by atoms with Gasteiger partial charge in [0.15, 0.2) is 0 Å². The smallest absolute Gasteiger partial charge is 0.315 e. The van der Waals surface area contributed by atoms with Gasteiger partial charge in [0.25, 0.3) is 0 Å². The number of urea groups is 1. The van der Waals surface area contributed by atoms with Gasteiger partial charge in [0.2, 0.25) is 5.91 Å². The average molecular weight is 199 g/mol. The van der Waals surface area contributed by atoms with Gasteiger partial charge < -0.3 is 16.0 Å². The van der Waals surface area contributed by atoms with Gasteiger partial charge in [-0.2, -0.15) is 0 Å². The van der Waals surface area contributed by atoms with Crippen LogP contribution in [0.25, 0.3) is 0 Å². The minimum absolute atomic E-state index is 0.118. The molecule has 1 saturated heterocycles. The predicted molar refractivity (Wildman–Crippen MR) is 52.8 cm³/mol. The van der Waals surface area contributed by atoms with Crippen LogP contribution in [-0.2, 0) is 4.79 Å². The molecule has 1 aliphatic rings. The Bertz CT molecular complexity index is 245. The molecule has 0 aliphatic carbocycles. The van der Waals surface area contributed by atoms with Crippen LogP contribution in [0.3, 0.4) is 0 Å². The Kier molecular flexibility index (Phi) is 2.98. The third-order valence-corrected chi connectivity index (χ3v) is 1.84. The van der Waals surface area contributed by atoms with E-state index in [2.05, 4.69) is 16.0 Å². The summed E-state index contributed by atoms with van der Waals surface area (Å²) in [5.74, 6) is -0.118. The lowest BCUT2D eigenvalue weighted by atomic mass is 10.1. The number of amides is 3. The lowest BCUT2D eigenvalue weighted by molar-refractivity contribution is -0.124. The molecule has 0 radical (unpaired) electrons. The molecule has 5 nitrogen and oxygen atoms in total. The molecule has 1 heterocycles. The standard InChI is InChI=1S/C9H17N3O2/c1-9(2,3)12-7(13)6-4-5-10-8(14)11-6/h6H,4-5H2,1-3H3,(H,12,13)(H2,10,11,14)/t6-/m1/s1. The van der Waals surface area contributed by atoms with Crippen molar-refractivity contribution >= 4 is 11.9 Å². The molecule has 0 bridgehead atoms. The molecule has 0 saturated carbocycles. The molecular formula is C9H17N3O2. The first-order valence-electron chi connectivity index (χ1n) is 4.75. The Balaban J connectivity index is 2.48. The van der Waals surface area contributed by atoms with E-state index in [1.165, 1.54) is 0 Å². The molecule has 0 aromatic heterocycles. The second-order valence-corrected chi connectivity index (χ2v) is 4.48. The van der Waals surface area contributed by atoms with Crippen LogP contribution in [0.2, 0.25) is 0 Å². The number of carbonyl (C=O) groups excluding carboxylic acids is 2. The highest BCUT2D eigenvalue weighted by Gasteiger charge is 2.26. The normalized spacial score (nSPS) is 22.2. The highest BCUT2D eigenvalue weighted by atomic mass is 16.2. The van der Waals surface area contributed by atoms with Crippen LogP contribution in [0.1, 0.15) is 27.2 Å². The quantitative estimate of drug-likeness (QED) is 0.555. The maximum atomic E-state index is 11.6. The highest BCUT2D eigenvalue weighted by molar-refractivity contribution is 5.88. The van der Waals surface area contributed by atoms with E-state index >= 15 is 0 Å². The Labute approximate surface area is 83.6 Å². The molecule has 3 amide bonds. The third kappa shape index (κ3) is 3.24. The van der Waals surface area contributed by atoms with Crippen LogP contribution in [0.15, 0.2) is 0 Å². The first-order valence-corrected chi connectivity index (χ1v) is 4.75. The molecule has 5 heteroatoms. The molecule has 0 unspecified atom stereocenters. The fourth-order valence-corrected chi connectivity index (χ4v) is 1.26. The average Bonchev–Trinajstić information content (AvgIpc) is 2.01. The summed E-state index contributed by atoms with van der Waals surface area (Å²) in [4.78, 5) is 22.5. The van der Waals surface area contributed by atoms with Gasteiger partial charge in [0, 0.05) is 12.1 Å². The summed E-state index contributed by atoms with van der Waals surface area (Å²) in [6.07, 6.45) is 0.633. The van der Waals surface area contributed by atoms with Gasteiger partial charge in [0.1, 0.15) is 6.04 Å². The van der Waals surface area contributed by atoms with E-state index in [9.17, 15) is 9.59 Å². The van der Waals surface area contributed by atoms with Crippen molar-refractivity contribution < 1.29 is 9.59 Å². The Morgan fingerprint density at radius 1 is 1.50 bits per heavy atom. The van der Waals surface area contributed by atoms with Crippen LogP contribution < -0.4 is 16.0 Å². The molecule has 14 heavy (non-hydrogen) atoms. The van der Waals surface area contributed by atoms with Gasteiger partial charge in [-0.05, 0) is 27.2 Å². The maximum absolute atomic E-state index is 11.6. The molecule has 0 aromatic carbocycles. The molecule has 3 N–H and O–H groups in total. The second-order valence-electron chi connectivity index (χ2n) is 4.48. The van der Waals surface area contributed by atoms with Gasteiger partial charge in [-0.1, -0.05) is 0 Å². The number of hydrogen-bond donors (Lipinski definition) is 3. The van der Waals surface area contributed by atoms with E-state index in [4.69, 9.17) is 0 Å². The summed E-state index contributed by atoms with van der Waals surface area (Å²) >= 11 is 0. The lowest BCUT2D eigenvalue weighted by Gasteiger charge is -2.27. The third-order valence-electron chi connectivity index (χ3n) is 1.84. The van der Waals surface area contributed by atoms with Crippen molar-refractivity contribution in [2.24, 2.45) is 0 Å². The van der Waals surface area contributed by atoms with Crippen LogP contribution >= 0.6 is 0 Å². The zero-order valence-electron chi connectivity index (χ0n) is 8.81. The Hall–Kier alpha value is -1.26. The maximum Gasteiger partial charge on any atom is 0.315 e. The highest BCUT2D eigenvalue weighted by Crippen LogP contribution is 2.02. The van der Waals surface area contributed by atoms with Gasteiger partial charge in [-0.25, -0.2) is 4.79 Å². The Morgan fingerprint density at radius 2 is 2.14 bits per heavy atom. The van der Waals surface area contributed by atoms with E-state index in [0.29, 0.717) is 13.0 Å². The summed E-state index contributed by atoms with van der Waals surface area (Å²) in [7, 11) is 0. The van der Waals surface area contributed by atoms with Crippen LogP contribution in [-0.4, -0.2) is 30.1 Å². The summed E-state index contributed by atoms with van der Waals surface area (Å²) in [6, 6.07) is -0.673. The minimum Gasteiger partial charge on any atom is -0.350 e. The lowest BCUT2D eigenvalue weighted by Crippen LogP contribution is -2.57. The molecule has 1 aliphatic heterocycles. The number of carbonyl (C=O) groups is 2. The zero-order valence-corrected chi connectivity index (χ0v) is 8.81. The SMILES string of the molecule is CC(C)(C)NC(=O)[C@H]1CCNC(=O)N1. The monoisotopic (exact) mass is 199 g/mol. The first kappa shape index (κ1) is 10.8. The van der Waals surface area contributed by atoms with Gasteiger partial charge in [-0.3, -0.25) is 4.79 Å². The van der Waals surface area contributed by atoms with Crippen LogP contribution in [0.4, 0.5) is 4.79 Å². The van der Waals surface area contributed by atoms with Crippen molar-refractivity contribution in [3.05, 3.63) is 0 Å². The van der Waals surface area contributed by atoms with E-state index in [0.717, 1.165) is 0 Å². The van der Waals surface area contributed by atoms with Crippen molar-refractivity contribution in [2.75, 3.05) is 6.54 Å². The summed E-state index contributed by atoms with van der Waals surface area (Å²) in [6.45, 7) is 6.28.